The Labute approximate surface area is 122 Å². The zero-order valence-electron chi connectivity index (χ0n) is 12.0. The molecule has 0 aliphatic heterocycles. The molecule has 0 spiro atoms. The predicted molar refractivity (Wildman–Crippen MR) is 82.2 cm³/mol. The maximum absolute atomic E-state index is 12.6. The first kappa shape index (κ1) is 14.7. The minimum absolute atomic E-state index is 0.0514. The number of methoxy groups -OCH3 is 1. The van der Waals surface area contributed by atoms with Gasteiger partial charge in [-0.2, -0.15) is 0 Å². The van der Waals surface area contributed by atoms with E-state index in [0.717, 1.165) is 15.8 Å². The van der Waals surface area contributed by atoms with Gasteiger partial charge in [-0.25, -0.2) is 4.98 Å². The van der Waals surface area contributed by atoms with Crippen molar-refractivity contribution in [2.24, 2.45) is 0 Å². The molecule has 0 aromatic carbocycles. The monoisotopic (exact) mass is 293 g/mol. The summed E-state index contributed by atoms with van der Waals surface area (Å²) in [7, 11) is 1.62. The molecule has 0 aliphatic rings. The average molecular weight is 293 g/mol. The van der Waals surface area contributed by atoms with Gasteiger partial charge < -0.3 is 15.4 Å². The summed E-state index contributed by atoms with van der Waals surface area (Å²) in [5.74, 6) is -0.0514. The summed E-state index contributed by atoms with van der Waals surface area (Å²) in [6.45, 7) is 5.63. The van der Waals surface area contributed by atoms with Crippen molar-refractivity contribution in [3.63, 3.8) is 0 Å². The number of nitrogens with zero attached hydrogens (tertiary/aromatic N) is 2. The third kappa shape index (κ3) is 2.62. The number of rotatable bonds is 5. The highest BCUT2D eigenvalue weighted by Gasteiger charge is 2.22. The van der Waals surface area contributed by atoms with Gasteiger partial charge in [-0.15, -0.1) is 11.3 Å². The Kier molecular flexibility index (Phi) is 4.57. The molecular weight excluding hydrogens is 274 g/mol. The maximum Gasteiger partial charge on any atom is 0.266 e. The van der Waals surface area contributed by atoms with Crippen LogP contribution in [0.4, 0.5) is 5.69 Å². The van der Waals surface area contributed by atoms with Crippen LogP contribution in [-0.4, -0.2) is 42.6 Å². The van der Waals surface area contributed by atoms with Gasteiger partial charge in [0, 0.05) is 31.8 Å². The number of ether oxygens (including phenoxy) is 1. The van der Waals surface area contributed by atoms with E-state index in [0.29, 0.717) is 30.3 Å². The molecule has 0 bridgehead atoms. The SMILES string of the molecule is CCN(CCOC)C(=O)c1sc2nccc(C)c2c1N. The number of nitrogen functional groups attached to an aromatic ring is 1. The number of likely N-dealkylation sites (N-methyl/N-ethyl adjacent to an activating group) is 1. The lowest BCUT2D eigenvalue weighted by Crippen LogP contribution is -2.33. The molecule has 2 aromatic rings. The molecule has 1 amide bonds. The quantitative estimate of drug-likeness (QED) is 0.918. The second-order valence-electron chi connectivity index (χ2n) is 4.53. The second kappa shape index (κ2) is 6.19. The molecule has 0 radical (unpaired) electrons. The van der Waals surface area contributed by atoms with Crippen molar-refractivity contribution < 1.29 is 9.53 Å². The Morgan fingerprint density at radius 1 is 1.55 bits per heavy atom. The van der Waals surface area contributed by atoms with E-state index in [-0.39, 0.29) is 5.91 Å². The number of fused-ring (bicyclic) bond motifs is 1. The molecule has 108 valence electrons. The third-order valence-electron chi connectivity index (χ3n) is 3.27. The fourth-order valence-electron chi connectivity index (χ4n) is 2.11. The van der Waals surface area contributed by atoms with Crippen molar-refractivity contribution in [3.8, 4) is 0 Å². The molecule has 0 saturated heterocycles. The van der Waals surface area contributed by atoms with E-state index >= 15 is 0 Å². The molecule has 2 aromatic heterocycles. The molecule has 0 atom stereocenters. The van der Waals surface area contributed by atoms with Gasteiger partial charge in [-0.1, -0.05) is 0 Å². The van der Waals surface area contributed by atoms with Gasteiger partial charge in [-0.05, 0) is 25.5 Å². The second-order valence-corrected chi connectivity index (χ2v) is 5.53. The van der Waals surface area contributed by atoms with Crippen LogP contribution in [0.2, 0.25) is 0 Å². The smallest absolute Gasteiger partial charge is 0.266 e. The predicted octanol–water partition coefficient (Wildman–Crippen LogP) is 2.30. The van der Waals surface area contributed by atoms with Crippen molar-refractivity contribution in [1.29, 1.82) is 0 Å². The van der Waals surface area contributed by atoms with Gasteiger partial charge in [0.1, 0.15) is 9.71 Å². The molecule has 5 nitrogen and oxygen atoms in total. The number of nitrogens with two attached hydrogens (primary N) is 1. The van der Waals surface area contributed by atoms with Crippen LogP contribution < -0.4 is 5.73 Å². The van der Waals surface area contributed by atoms with Gasteiger partial charge in [0.2, 0.25) is 0 Å². The van der Waals surface area contributed by atoms with E-state index in [9.17, 15) is 4.79 Å². The van der Waals surface area contributed by atoms with Crippen LogP contribution in [0, 0.1) is 6.92 Å². The minimum Gasteiger partial charge on any atom is -0.397 e. The molecule has 2 N–H and O–H groups in total. The minimum atomic E-state index is -0.0514. The standard InChI is InChI=1S/C14H19N3O2S/c1-4-17(7-8-19-3)14(18)12-11(15)10-9(2)5-6-16-13(10)20-12/h5-6H,4,7-8,15H2,1-3H3. The number of aryl methyl sites for hydroxylation is 1. The fourth-order valence-corrected chi connectivity index (χ4v) is 3.22. The number of aromatic nitrogens is 1. The summed E-state index contributed by atoms with van der Waals surface area (Å²) in [5.41, 5.74) is 7.74. The Balaban J connectivity index is 2.39. The number of carbonyl (C=O) groups is 1. The normalized spacial score (nSPS) is 10.9. The average Bonchev–Trinajstić information content (AvgIpc) is 2.78. The van der Waals surface area contributed by atoms with E-state index in [1.807, 2.05) is 19.9 Å². The highest BCUT2D eigenvalue weighted by molar-refractivity contribution is 7.21. The number of anilines is 1. The molecule has 0 unspecified atom stereocenters. The van der Waals surface area contributed by atoms with E-state index in [4.69, 9.17) is 10.5 Å². The van der Waals surface area contributed by atoms with Crippen molar-refractivity contribution in [3.05, 3.63) is 22.7 Å². The Morgan fingerprint density at radius 3 is 2.90 bits per heavy atom. The number of hydrogen-bond acceptors (Lipinski definition) is 5. The summed E-state index contributed by atoms with van der Waals surface area (Å²) in [6, 6.07) is 1.90. The van der Waals surface area contributed by atoms with Crippen molar-refractivity contribution in [2.75, 3.05) is 32.5 Å². The van der Waals surface area contributed by atoms with Crippen LogP contribution in [0.25, 0.3) is 10.2 Å². The van der Waals surface area contributed by atoms with Crippen LogP contribution in [-0.2, 0) is 4.74 Å². The van der Waals surface area contributed by atoms with E-state index in [1.165, 1.54) is 11.3 Å². The van der Waals surface area contributed by atoms with Crippen LogP contribution in [0.5, 0.6) is 0 Å². The highest BCUT2D eigenvalue weighted by Crippen LogP contribution is 2.34. The number of carbonyl (C=O) groups excluding carboxylic acids is 1. The molecular formula is C14H19N3O2S. The molecule has 2 rings (SSSR count). The van der Waals surface area contributed by atoms with Gasteiger partial charge in [-0.3, -0.25) is 4.79 Å². The lowest BCUT2D eigenvalue weighted by atomic mass is 10.1. The fraction of sp³-hybridized carbons (Fsp3) is 0.429. The van der Waals surface area contributed by atoms with Crippen molar-refractivity contribution in [2.45, 2.75) is 13.8 Å². The Hall–Kier alpha value is -1.66. The summed E-state index contributed by atoms with van der Waals surface area (Å²) in [4.78, 5) is 20.0. The van der Waals surface area contributed by atoms with Crippen molar-refractivity contribution in [1.82, 2.24) is 9.88 Å². The Morgan fingerprint density at radius 2 is 2.30 bits per heavy atom. The van der Waals surface area contributed by atoms with Crippen LogP contribution in [0.1, 0.15) is 22.2 Å². The first-order chi connectivity index (χ1) is 9.60. The lowest BCUT2D eigenvalue weighted by Gasteiger charge is -2.19. The van der Waals surface area contributed by atoms with Crippen LogP contribution in [0.3, 0.4) is 0 Å². The maximum atomic E-state index is 12.6. The van der Waals surface area contributed by atoms with Crippen LogP contribution in [0.15, 0.2) is 12.3 Å². The first-order valence-electron chi connectivity index (χ1n) is 6.51. The van der Waals surface area contributed by atoms with Crippen molar-refractivity contribution >= 4 is 33.1 Å². The van der Waals surface area contributed by atoms with E-state index in [2.05, 4.69) is 4.98 Å². The van der Waals surface area contributed by atoms with Crippen LogP contribution >= 0.6 is 11.3 Å². The molecule has 20 heavy (non-hydrogen) atoms. The van der Waals surface area contributed by atoms with E-state index in [1.54, 1.807) is 18.2 Å². The van der Waals surface area contributed by atoms with Gasteiger partial charge in [0.25, 0.3) is 5.91 Å². The van der Waals surface area contributed by atoms with Gasteiger partial charge in [0.15, 0.2) is 0 Å². The zero-order valence-corrected chi connectivity index (χ0v) is 12.8. The summed E-state index contributed by atoms with van der Waals surface area (Å²) in [5, 5.41) is 0.892. The molecule has 0 saturated carbocycles. The number of pyridine rings is 1. The number of thiophene rings is 1. The summed E-state index contributed by atoms with van der Waals surface area (Å²) >= 11 is 1.36. The van der Waals surface area contributed by atoms with E-state index < -0.39 is 0 Å². The largest absolute Gasteiger partial charge is 0.397 e. The highest BCUT2D eigenvalue weighted by atomic mass is 32.1. The molecule has 0 fully saturated rings. The van der Waals surface area contributed by atoms with Gasteiger partial charge >= 0.3 is 0 Å². The zero-order chi connectivity index (χ0) is 14.7. The molecule has 2 heterocycles. The third-order valence-corrected chi connectivity index (χ3v) is 4.37. The molecule has 6 heteroatoms. The summed E-state index contributed by atoms with van der Waals surface area (Å²) < 4.78 is 5.03. The first-order valence-corrected chi connectivity index (χ1v) is 7.33. The lowest BCUT2D eigenvalue weighted by molar-refractivity contribution is 0.0712. The van der Waals surface area contributed by atoms with Gasteiger partial charge in [0.05, 0.1) is 12.3 Å². The number of amides is 1. The molecule has 0 aliphatic carbocycles. The summed E-state index contributed by atoms with van der Waals surface area (Å²) in [6.07, 6.45) is 1.74. The topological polar surface area (TPSA) is 68.5 Å². The number of hydrogen-bond donors (Lipinski definition) is 1. The Bertz CT molecular complexity index is 624.